The van der Waals surface area contributed by atoms with E-state index in [0.717, 1.165) is 27.9 Å². The molecule has 0 saturated carbocycles. The Morgan fingerprint density at radius 3 is 2.76 bits per heavy atom. The summed E-state index contributed by atoms with van der Waals surface area (Å²) in [5.74, 6) is 0.824. The molecule has 0 amide bonds. The second kappa shape index (κ2) is 6.15. The van der Waals surface area contributed by atoms with Crippen LogP contribution < -0.4 is 4.74 Å². The van der Waals surface area contributed by atoms with Crippen molar-refractivity contribution in [1.82, 2.24) is 4.98 Å². The lowest BCUT2D eigenvalue weighted by Crippen LogP contribution is -1.99. The van der Waals surface area contributed by atoms with Crippen LogP contribution >= 0.6 is 11.6 Å². The maximum atomic E-state index is 6.53. The topological polar surface area (TPSA) is 22.1 Å². The monoisotopic (exact) mass is 297 g/mol. The van der Waals surface area contributed by atoms with Gasteiger partial charge in [0.05, 0.1) is 18.0 Å². The summed E-state index contributed by atoms with van der Waals surface area (Å²) in [5, 5.41) is 1.03. The second-order valence-electron chi connectivity index (χ2n) is 4.94. The highest BCUT2D eigenvalue weighted by Gasteiger charge is 2.11. The first kappa shape index (κ1) is 13.9. The number of fused-ring (bicyclic) bond motifs is 1. The van der Waals surface area contributed by atoms with Crippen LogP contribution in [0.25, 0.3) is 10.9 Å². The van der Waals surface area contributed by atoms with Crippen molar-refractivity contribution in [2.75, 3.05) is 7.11 Å². The van der Waals surface area contributed by atoms with E-state index in [2.05, 4.69) is 17.1 Å². The van der Waals surface area contributed by atoms with Crippen LogP contribution in [0.15, 0.2) is 60.7 Å². The molecule has 1 heterocycles. The van der Waals surface area contributed by atoms with Crippen molar-refractivity contribution < 1.29 is 4.74 Å². The van der Waals surface area contributed by atoms with E-state index < -0.39 is 0 Å². The van der Waals surface area contributed by atoms with Crippen LogP contribution in [0.4, 0.5) is 0 Å². The first-order chi connectivity index (χ1) is 10.3. The van der Waals surface area contributed by atoms with Crippen molar-refractivity contribution in [3.05, 3.63) is 71.9 Å². The number of halogens is 1. The lowest BCUT2D eigenvalue weighted by atomic mass is 10.1. The summed E-state index contributed by atoms with van der Waals surface area (Å²) in [6.45, 7) is 0. The summed E-state index contributed by atoms with van der Waals surface area (Å²) in [7, 11) is 1.66. The third-order valence-corrected chi connectivity index (χ3v) is 3.91. The Morgan fingerprint density at radius 2 is 1.90 bits per heavy atom. The number of ether oxygens (including phenoxy) is 1. The quantitative estimate of drug-likeness (QED) is 0.647. The number of hydrogen-bond acceptors (Lipinski definition) is 2. The van der Waals surface area contributed by atoms with E-state index >= 15 is 0 Å². The number of para-hydroxylation sites is 1. The van der Waals surface area contributed by atoms with Gasteiger partial charge in [-0.05, 0) is 29.8 Å². The van der Waals surface area contributed by atoms with Crippen LogP contribution in [0.1, 0.15) is 16.6 Å². The summed E-state index contributed by atoms with van der Waals surface area (Å²) in [4.78, 5) is 4.67. The number of nitrogens with zero attached hydrogens (tertiary/aromatic N) is 1. The van der Waals surface area contributed by atoms with Gasteiger partial charge < -0.3 is 4.74 Å². The lowest BCUT2D eigenvalue weighted by molar-refractivity contribution is 0.414. The molecule has 0 radical (unpaired) electrons. The van der Waals surface area contributed by atoms with E-state index in [-0.39, 0.29) is 5.38 Å². The zero-order valence-electron chi connectivity index (χ0n) is 11.8. The first-order valence-corrected chi connectivity index (χ1v) is 7.32. The number of pyridine rings is 1. The Labute approximate surface area is 129 Å². The van der Waals surface area contributed by atoms with Gasteiger partial charge in [-0.25, -0.2) is 0 Å². The molecule has 0 aliphatic heterocycles. The number of methoxy groups -OCH3 is 1. The fourth-order valence-electron chi connectivity index (χ4n) is 2.36. The van der Waals surface area contributed by atoms with Crippen molar-refractivity contribution in [3.63, 3.8) is 0 Å². The number of hydrogen-bond donors (Lipinski definition) is 0. The maximum absolute atomic E-state index is 6.53. The largest absolute Gasteiger partial charge is 0.497 e. The van der Waals surface area contributed by atoms with Gasteiger partial charge in [0.2, 0.25) is 0 Å². The molecular weight excluding hydrogens is 282 g/mol. The molecule has 0 spiro atoms. The van der Waals surface area contributed by atoms with Gasteiger partial charge in [0.15, 0.2) is 0 Å². The molecular formula is C18H16ClNO. The van der Waals surface area contributed by atoms with Gasteiger partial charge in [0.25, 0.3) is 0 Å². The van der Waals surface area contributed by atoms with Crippen molar-refractivity contribution in [1.29, 1.82) is 0 Å². The molecule has 0 aliphatic rings. The molecule has 0 fully saturated rings. The molecule has 106 valence electrons. The van der Waals surface area contributed by atoms with Gasteiger partial charge >= 0.3 is 0 Å². The fourth-order valence-corrected chi connectivity index (χ4v) is 2.65. The summed E-state index contributed by atoms with van der Waals surface area (Å²) in [6, 6.07) is 20.1. The van der Waals surface area contributed by atoms with Crippen molar-refractivity contribution in [2.24, 2.45) is 0 Å². The average molecular weight is 298 g/mol. The van der Waals surface area contributed by atoms with Crippen LogP contribution in [-0.4, -0.2) is 12.1 Å². The summed E-state index contributed by atoms with van der Waals surface area (Å²) < 4.78 is 5.24. The zero-order chi connectivity index (χ0) is 14.7. The molecule has 2 nitrogen and oxygen atoms in total. The molecule has 3 rings (SSSR count). The van der Waals surface area contributed by atoms with Gasteiger partial charge in [-0.2, -0.15) is 0 Å². The molecule has 0 saturated heterocycles. The van der Waals surface area contributed by atoms with E-state index in [1.165, 1.54) is 0 Å². The fraction of sp³-hybridized carbons (Fsp3) is 0.167. The van der Waals surface area contributed by atoms with E-state index in [1.807, 2.05) is 48.5 Å². The van der Waals surface area contributed by atoms with E-state index in [9.17, 15) is 0 Å². The maximum Gasteiger partial charge on any atom is 0.119 e. The summed E-state index contributed by atoms with van der Waals surface area (Å²) in [5.41, 5.74) is 3.05. The van der Waals surface area contributed by atoms with E-state index in [4.69, 9.17) is 16.3 Å². The molecule has 3 heteroatoms. The Bertz CT molecular complexity index is 757. The normalized spacial score (nSPS) is 12.3. The summed E-state index contributed by atoms with van der Waals surface area (Å²) >= 11 is 6.53. The number of benzene rings is 2. The number of rotatable bonds is 4. The smallest absolute Gasteiger partial charge is 0.119 e. The highest BCUT2D eigenvalue weighted by Crippen LogP contribution is 2.27. The zero-order valence-corrected chi connectivity index (χ0v) is 12.5. The third kappa shape index (κ3) is 3.17. The van der Waals surface area contributed by atoms with E-state index in [0.29, 0.717) is 6.42 Å². The molecule has 0 bridgehead atoms. The molecule has 21 heavy (non-hydrogen) atoms. The Balaban J connectivity index is 1.83. The second-order valence-corrected chi connectivity index (χ2v) is 5.47. The van der Waals surface area contributed by atoms with E-state index in [1.54, 1.807) is 7.11 Å². The third-order valence-electron chi connectivity index (χ3n) is 3.50. The van der Waals surface area contributed by atoms with Crippen molar-refractivity contribution in [3.8, 4) is 5.75 Å². The Morgan fingerprint density at radius 1 is 1.05 bits per heavy atom. The van der Waals surface area contributed by atoms with Gasteiger partial charge in [-0.3, -0.25) is 4.98 Å². The highest BCUT2D eigenvalue weighted by molar-refractivity contribution is 6.20. The van der Waals surface area contributed by atoms with Gasteiger partial charge in [0, 0.05) is 17.5 Å². The Hall–Kier alpha value is -2.06. The van der Waals surface area contributed by atoms with Crippen LogP contribution in [0.2, 0.25) is 0 Å². The van der Waals surface area contributed by atoms with Crippen molar-refractivity contribution in [2.45, 2.75) is 11.8 Å². The summed E-state index contributed by atoms with van der Waals surface area (Å²) in [6.07, 6.45) is 0.694. The van der Waals surface area contributed by atoms with Crippen LogP contribution in [0.3, 0.4) is 0 Å². The molecule has 0 aliphatic carbocycles. The Kier molecular flexibility index (Phi) is 4.07. The van der Waals surface area contributed by atoms with Gasteiger partial charge in [0.1, 0.15) is 5.75 Å². The minimum Gasteiger partial charge on any atom is -0.497 e. The predicted octanol–water partition coefficient (Wildman–Crippen LogP) is 4.77. The minimum atomic E-state index is -0.117. The molecule has 3 aromatic rings. The molecule has 1 unspecified atom stereocenters. The average Bonchev–Trinajstić information content (AvgIpc) is 2.54. The minimum absolute atomic E-state index is 0.117. The van der Waals surface area contributed by atoms with Gasteiger partial charge in [-0.1, -0.05) is 36.4 Å². The molecule has 2 aromatic carbocycles. The number of alkyl halides is 1. The molecule has 0 N–H and O–H groups in total. The van der Waals surface area contributed by atoms with Crippen LogP contribution in [0.5, 0.6) is 5.75 Å². The first-order valence-electron chi connectivity index (χ1n) is 6.89. The van der Waals surface area contributed by atoms with Crippen LogP contribution in [-0.2, 0) is 6.42 Å². The SMILES string of the molecule is COc1cccc(C(Cl)Cc2ccc3ccccc3n2)c1. The molecule has 1 aromatic heterocycles. The standard InChI is InChI=1S/C18H16ClNO/c1-21-16-7-4-6-14(11-16)17(19)12-15-10-9-13-5-2-3-8-18(13)20-15/h2-11,17H,12H2,1H3. The highest BCUT2D eigenvalue weighted by atomic mass is 35.5. The molecule has 1 atom stereocenters. The predicted molar refractivity (Wildman–Crippen MR) is 87.0 cm³/mol. The van der Waals surface area contributed by atoms with Gasteiger partial charge in [-0.15, -0.1) is 11.6 Å². The van der Waals surface area contributed by atoms with Crippen molar-refractivity contribution >= 4 is 22.5 Å². The van der Waals surface area contributed by atoms with Crippen LogP contribution in [0, 0.1) is 0 Å². The lowest BCUT2D eigenvalue weighted by Gasteiger charge is -2.11. The number of aromatic nitrogens is 1.